The standard InChI is InChI=1S/C14H22N4O5S/c1-10(19)15-7-8-16-12-6-5-11(9-13(12)18(20)21)24(22,23)17-14(2,3)4/h5-6,9,16-17H,7-8H2,1-4H3,(H,15,19). The molecule has 0 radical (unpaired) electrons. The predicted molar refractivity (Wildman–Crippen MR) is 90.3 cm³/mol. The average Bonchev–Trinajstić information content (AvgIpc) is 2.40. The quantitative estimate of drug-likeness (QED) is 0.382. The van der Waals surface area contributed by atoms with Crippen molar-refractivity contribution in [1.82, 2.24) is 10.0 Å². The van der Waals surface area contributed by atoms with Crippen LogP contribution < -0.4 is 15.4 Å². The number of rotatable bonds is 7. The van der Waals surface area contributed by atoms with Crippen molar-refractivity contribution in [3.63, 3.8) is 0 Å². The van der Waals surface area contributed by atoms with Crippen LogP contribution in [0.15, 0.2) is 23.1 Å². The van der Waals surface area contributed by atoms with Gasteiger partial charge in [0.05, 0.1) is 9.82 Å². The highest BCUT2D eigenvalue weighted by Gasteiger charge is 2.25. The second-order valence-corrected chi connectivity index (χ2v) is 7.88. The summed E-state index contributed by atoms with van der Waals surface area (Å²) in [6, 6.07) is 3.64. The summed E-state index contributed by atoms with van der Waals surface area (Å²) in [6.45, 7) is 6.96. The molecule has 0 bridgehead atoms. The van der Waals surface area contributed by atoms with Gasteiger partial charge in [0.15, 0.2) is 0 Å². The van der Waals surface area contributed by atoms with Crippen LogP contribution in [0.2, 0.25) is 0 Å². The highest BCUT2D eigenvalue weighted by Crippen LogP contribution is 2.27. The molecule has 0 saturated heterocycles. The Labute approximate surface area is 141 Å². The molecule has 1 aromatic rings. The SMILES string of the molecule is CC(=O)NCCNc1ccc(S(=O)(=O)NC(C)(C)C)cc1[N+](=O)[O-]. The van der Waals surface area contributed by atoms with E-state index in [2.05, 4.69) is 15.4 Å². The molecule has 1 rings (SSSR count). The molecule has 0 fully saturated rings. The van der Waals surface area contributed by atoms with E-state index in [9.17, 15) is 23.3 Å². The normalized spacial score (nSPS) is 11.8. The first-order valence-electron chi connectivity index (χ1n) is 7.23. The minimum Gasteiger partial charge on any atom is -0.378 e. The van der Waals surface area contributed by atoms with Gasteiger partial charge in [-0.3, -0.25) is 14.9 Å². The van der Waals surface area contributed by atoms with E-state index in [-0.39, 0.29) is 35.3 Å². The van der Waals surface area contributed by atoms with E-state index >= 15 is 0 Å². The topological polar surface area (TPSA) is 130 Å². The van der Waals surface area contributed by atoms with Gasteiger partial charge in [-0.25, -0.2) is 13.1 Å². The highest BCUT2D eigenvalue weighted by molar-refractivity contribution is 7.89. The molecule has 0 spiro atoms. The smallest absolute Gasteiger partial charge is 0.293 e. The number of nitrogens with one attached hydrogen (secondary N) is 3. The Morgan fingerprint density at radius 3 is 2.38 bits per heavy atom. The lowest BCUT2D eigenvalue weighted by Gasteiger charge is -2.20. The van der Waals surface area contributed by atoms with Gasteiger partial charge in [-0.2, -0.15) is 0 Å². The minimum atomic E-state index is -3.87. The number of hydrogen-bond donors (Lipinski definition) is 3. The Hall–Kier alpha value is -2.20. The van der Waals surface area contributed by atoms with Crippen LogP contribution in [0.3, 0.4) is 0 Å². The van der Waals surface area contributed by atoms with Gasteiger partial charge in [0.2, 0.25) is 15.9 Å². The van der Waals surface area contributed by atoms with Crippen LogP contribution in [0.5, 0.6) is 0 Å². The molecule has 3 N–H and O–H groups in total. The van der Waals surface area contributed by atoms with E-state index in [4.69, 9.17) is 0 Å². The highest BCUT2D eigenvalue weighted by atomic mass is 32.2. The van der Waals surface area contributed by atoms with Crippen molar-refractivity contribution in [2.24, 2.45) is 0 Å². The maximum atomic E-state index is 12.3. The zero-order valence-electron chi connectivity index (χ0n) is 14.0. The molecule has 0 aromatic heterocycles. The fourth-order valence-corrected chi connectivity index (χ4v) is 3.31. The molecule has 0 unspecified atom stereocenters. The molecule has 9 nitrogen and oxygen atoms in total. The van der Waals surface area contributed by atoms with Crippen molar-refractivity contribution < 1.29 is 18.1 Å². The number of benzene rings is 1. The van der Waals surface area contributed by atoms with Crippen LogP contribution in [-0.4, -0.2) is 37.9 Å². The van der Waals surface area contributed by atoms with Crippen LogP contribution in [0, 0.1) is 10.1 Å². The first kappa shape index (κ1) is 19.8. The monoisotopic (exact) mass is 358 g/mol. The lowest BCUT2D eigenvalue weighted by atomic mass is 10.1. The summed E-state index contributed by atoms with van der Waals surface area (Å²) in [5, 5.41) is 16.6. The summed E-state index contributed by atoms with van der Waals surface area (Å²) in [6.07, 6.45) is 0. The number of amides is 1. The molecule has 0 heterocycles. The first-order chi connectivity index (χ1) is 10.9. The fraction of sp³-hybridized carbons (Fsp3) is 0.500. The number of sulfonamides is 1. The van der Waals surface area contributed by atoms with Crippen LogP contribution in [0.25, 0.3) is 0 Å². The van der Waals surface area contributed by atoms with Gasteiger partial charge >= 0.3 is 0 Å². The lowest BCUT2D eigenvalue weighted by Crippen LogP contribution is -2.40. The van der Waals surface area contributed by atoms with Crippen LogP contribution in [0.1, 0.15) is 27.7 Å². The lowest BCUT2D eigenvalue weighted by molar-refractivity contribution is -0.384. The molecule has 0 atom stereocenters. The number of nitrogens with zero attached hydrogens (tertiary/aromatic N) is 1. The van der Waals surface area contributed by atoms with Crippen molar-refractivity contribution in [2.75, 3.05) is 18.4 Å². The second-order valence-electron chi connectivity index (χ2n) is 6.20. The molecule has 134 valence electrons. The molecule has 0 aliphatic rings. The van der Waals surface area contributed by atoms with E-state index in [1.165, 1.54) is 19.1 Å². The summed E-state index contributed by atoms with van der Waals surface area (Å²) < 4.78 is 27.0. The van der Waals surface area contributed by atoms with E-state index in [0.29, 0.717) is 0 Å². The van der Waals surface area contributed by atoms with Gasteiger partial charge in [0.1, 0.15) is 5.69 Å². The van der Waals surface area contributed by atoms with Crippen molar-refractivity contribution in [1.29, 1.82) is 0 Å². The van der Waals surface area contributed by atoms with Crippen LogP contribution in [-0.2, 0) is 14.8 Å². The molecule has 24 heavy (non-hydrogen) atoms. The predicted octanol–water partition coefficient (Wildman–Crippen LogP) is 1.22. The summed E-state index contributed by atoms with van der Waals surface area (Å²) >= 11 is 0. The number of hydrogen-bond acceptors (Lipinski definition) is 6. The Balaban J connectivity index is 3.03. The zero-order valence-corrected chi connectivity index (χ0v) is 14.9. The van der Waals surface area contributed by atoms with E-state index < -0.39 is 20.5 Å². The average molecular weight is 358 g/mol. The van der Waals surface area contributed by atoms with Crippen molar-refractivity contribution >= 4 is 27.3 Å². The second kappa shape index (κ2) is 7.58. The molecule has 0 aliphatic heterocycles. The van der Waals surface area contributed by atoms with Gasteiger partial charge in [0.25, 0.3) is 5.69 Å². The first-order valence-corrected chi connectivity index (χ1v) is 8.71. The Morgan fingerprint density at radius 1 is 1.25 bits per heavy atom. The summed E-state index contributed by atoms with van der Waals surface area (Å²) in [4.78, 5) is 21.1. The molecule has 0 saturated carbocycles. The van der Waals surface area contributed by atoms with E-state index in [0.717, 1.165) is 6.07 Å². The minimum absolute atomic E-state index is 0.181. The van der Waals surface area contributed by atoms with Gasteiger partial charge in [-0.05, 0) is 32.9 Å². The van der Waals surface area contributed by atoms with Crippen LogP contribution >= 0.6 is 0 Å². The third kappa shape index (κ3) is 6.13. The summed E-state index contributed by atoms with van der Waals surface area (Å²) in [5.41, 5.74) is -0.877. The third-order valence-corrected chi connectivity index (χ3v) is 4.49. The third-order valence-electron chi connectivity index (χ3n) is 2.73. The number of nitro benzene ring substituents is 1. The maximum Gasteiger partial charge on any atom is 0.293 e. The maximum absolute atomic E-state index is 12.3. The van der Waals surface area contributed by atoms with Gasteiger partial charge in [-0.1, -0.05) is 0 Å². The van der Waals surface area contributed by atoms with Crippen LogP contribution in [0.4, 0.5) is 11.4 Å². The molecule has 1 amide bonds. The molecular formula is C14H22N4O5S. The number of anilines is 1. The largest absolute Gasteiger partial charge is 0.378 e. The zero-order chi connectivity index (χ0) is 18.5. The molecular weight excluding hydrogens is 336 g/mol. The fourth-order valence-electron chi connectivity index (χ4n) is 1.88. The van der Waals surface area contributed by atoms with Gasteiger partial charge in [-0.15, -0.1) is 0 Å². The Kier molecular flexibility index (Phi) is 6.27. The summed E-state index contributed by atoms with van der Waals surface area (Å²) in [5.74, 6) is -0.207. The number of carbonyl (C=O) groups is 1. The van der Waals surface area contributed by atoms with Gasteiger partial charge < -0.3 is 10.6 Å². The van der Waals surface area contributed by atoms with E-state index in [1.54, 1.807) is 20.8 Å². The summed E-state index contributed by atoms with van der Waals surface area (Å²) in [7, 11) is -3.87. The van der Waals surface area contributed by atoms with E-state index in [1.807, 2.05) is 0 Å². The van der Waals surface area contributed by atoms with Crippen molar-refractivity contribution in [3.05, 3.63) is 28.3 Å². The molecule has 10 heteroatoms. The number of carbonyl (C=O) groups excluding carboxylic acids is 1. The van der Waals surface area contributed by atoms with Crippen molar-refractivity contribution in [2.45, 2.75) is 38.1 Å². The Morgan fingerprint density at radius 2 is 1.88 bits per heavy atom. The molecule has 1 aromatic carbocycles. The number of nitro groups is 1. The Bertz CT molecular complexity index is 725. The van der Waals surface area contributed by atoms with Crippen molar-refractivity contribution in [3.8, 4) is 0 Å². The molecule has 0 aliphatic carbocycles. The van der Waals surface area contributed by atoms with Gasteiger partial charge in [0, 0.05) is 31.6 Å².